The van der Waals surface area contributed by atoms with E-state index in [0.717, 1.165) is 49.1 Å². The normalized spacial score (nSPS) is 26.1. The van der Waals surface area contributed by atoms with E-state index in [4.69, 9.17) is 4.74 Å². The quantitative estimate of drug-likeness (QED) is 0.900. The molecule has 0 aromatic heterocycles. The first-order valence-corrected chi connectivity index (χ1v) is 7.39. The second-order valence-corrected chi connectivity index (χ2v) is 6.05. The smallest absolute Gasteiger partial charge is 0.127 e. The third-order valence-electron chi connectivity index (χ3n) is 3.86. The Bertz CT molecular complexity index is 450. The summed E-state index contributed by atoms with van der Waals surface area (Å²) in [6.45, 7) is 1.55. The average molecular weight is 312 g/mol. The number of aliphatic hydroxyl groups is 1. The molecule has 3 nitrogen and oxygen atoms in total. The van der Waals surface area contributed by atoms with E-state index < -0.39 is 0 Å². The van der Waals surface area contributed by atoms with E-state index in [2.05, 4.69) is 33.4 Å². The summed E-state index contributed by atoms with van der Waals surface area (Å²) >= 11 is 3.55. The predicted molar refractivity (Wildman–Crippen MR) is 73.8 cm³/mol. The van der Waals surface area contributed by atoms with Crippen molar-refractivity contribution in [2.24, 2.45) is 0 Å². The number of halogens is 1. The molecule has 18 heavy (non-hydrogen) atoms. The number of hydrogen-bond acceptors (Lipinski definition) is 3. The summed E-state index contributed by atoms with van der Waals surface area (Å²) in [7, 11) is 0. The summed E-state index contributed by atoms with van der Waals surface area (Å²) in [5.41, 5.74) is 2.48. The second-order valence-electron chi connectivity index (χ2n) is 5.14. The van der Waals surface area contributed by atoms with Crippen molar-refractivity contribution in [3.05, 3.63) is 27.7 Å². The number of benzene rings is 1. The van der Waals surface area contributed by atoms with Gasteiger partial charge in [-0.1, -0.05) is 15.9 Å². The molecule has 1 aliphatic carbocycles. The van der Waals surface area contributed by atoms with E-state index in [-0.39, 0.29) is 12.1 Å². The second kappa shape index (κ2) is 5.19. The molecule has 1 aromatic carbocycles. The van der Waals surface area contributed by atoms with Crippen molar-refractivity contribution < 1.29 is 9.84 Å². The highest BCUT2D eigenvalue weighted by Gasteiger charge is 2.25. The van der Waals surface area contributed by atoms with Gasteiger partial charge in [0, 0.05) is 29.0 Å². The molecule has 2 atom stereocenters. The standard InChI is InChI=1S/C14H18BrNO2/c15-11-6-9-4-5-18-14(9)10(7-11)8-16-12-2-1-3-13(12)17/h6-7,12-13,16-17H,1-5,8H2/t12-,13-/m0/s1. The molecule has 1 aliphatic heterocycles. The zero-order valence-corrected chi connectivity index (χ0v) is 11.9. The molecule has 0 amide bonds. The molecular formula is C14H18BrNO2. The van der Waals surface area contributed by atoms with Gasteiger partial charge < -0.3 is 15.2 Å². The highest BCUT2D eigenvalue weighted by molar-refractivity contribution is 9.10. The fourth-order valence-electron chi connectivity index (χ4n) is 2.90. The predicted octanol–water partition coefficient (Wildman–Crippen LogP) is 2.39. The van der Waals surface area contributed by atoms with E-state index in [9.17, 15) is 5.11 Å². The number of nitrogens with one attached hydrogen (secondary N) is 1. The first-order valence-electron chi connectivity index (χ1n) is 6.59. The minimum absolute atomic E-state index is 0.189. The Kier molecular flexibility index (Phi) is 3.59. The van der Waals surface area contributed by atoms with Crippen LogP contribution >= 0.6 is 15.9 Å². The van der Waals surface area contributed by atoms with Crippen LogP contribution in [0.25, 0.3) is 0 Å². The fraction of sp³-hybridized carbons (Fsp3) is 0.571. The van der Waals surface area contributed by atoms with E-state index in [1.165, 1.54) is 11.1 Å². The van der Waals surface area contributed by atoms with Crippen molar-refractivity contribution in [1.82, 2.24) is 5.32 Å². The lowest BCUT2D eigenvalue weighted by atomic mass is 10.1. The molecular weight excluding hydrogens is 294 g/mol. The fourth-order valence-corrected chi connectivity index (χ4v) is 3.45. The Hall–Kier alpha value is -0.580. The summed E-state index contributed by atoms with van der Waals surface area (Å²) < 4.78 is 6.81. The molecule has 0 saturated heterocycles. The van der Waals surface area contributed by atoms with Crippen molar-refractivity contribution in [3.8, 4) is 5.75 Å². The number of aliphatic hydroxyl groups excluding tert-OH is 1. The maximum absolute atomic E-state index is 9.81. The molecule has 3 rings (SSSR count). The molecule has 1 heterocycles. The van der Waals surface area contributed by atoms with Gasteiger partial charge in [0.05, 0.1) is 12.7 Å². The van der Waals surface area contributed by atoms with Gasteiger partial charge in [0.25, 0.3) is 0 Å². The van der Waals surface area contributed by atoms with Gasteiger partial charge >= 0.3 is 0 Å². The first-order chi connectivity index (χ1) is 8.74. The van der Waals surface area contributed by atoms with Crippen LogP contribution in [0.2, 0.25) is 0 Å². The van der Waals surface area contributed by atoms with Gasteiger partial charge in [-0.3, -0.25) is 0 Å². The lowest BCUT2D eigenvalue weighted by Crippen LogP contribution is -2.35. The largest absolute Gasteiger partial charge is 0.493 e. The van der Waals surface area contributed by atoms with Crippen molar-refractivity contribution in [2.75, 3.05) is 6.61 Å². The maximum atomic E-state index is 9.81. The molecule has 0 spiro atoms. The molecule has 0 bridgehead atoms. The molecule has 2 N–H and O–H groups in total. The molecule has 2 aliphatic rings. The number of rotatable bonds is 3. The summed E-state index contributed by atoms with van der Waals surface area (Å²) in [6, 6.07) is 4.48. The molecule has 1 aromatic rings. The number of ether oxygens (including phenoxy) is 1. The van der Waals surface area contributed by atoms with Gasteiger partial charge in [-0.2, -0.15) is 0 Å². The number of hydrogen-bond donors (Lipinski definition) is 2. The zero-order chi connectivity index (χ0) is 12.5. The topological polar surface area (TPSA) is 41.5 Å². The Balaban J connectivity index is 1.73. The SMILES string of the molecule is O[C@H]1CCC[C@@H]1NCc1cc(Br)cc2c1OCC2. The van der Waals surface area contributed by atoms with Crippen LogP contribution in [0.15, 0.2) is 16.6 Å². The van der Waals surface area contributed by atoms with Crippen LogP contribution in [-0.2, 0) is 13.0 Å². The summed E-state index contributed by atoms with van der Waals surface area (Å²) in [5.74, 6) is 1.04. The maximum Gasteiger partial charge on any atom is 0.127 e. The number of fused-ring (bicyclic) bond motifs is 1. The highest BCUT2D eigenvalue weighted by Crippen LogP contribution is 2.33. The minimum Gasteiger partial charge on any atom is -0.493 e. The monoisotopic (exact) mass is 311 g/mol. The Morgan fingerprint density at radius 2 is 2.28 bits per heavy atom. The molecule has 1 fully saturated rings. The van der Waals surface area contributed by atoms with Crippen molar-refractivity contribution >= 4 is 15.9 Å². The van der Waals surface area contributed by atoms with Crippen molar-refractivity contribution in [3.63, 3.8) is 0 Å². The van der Waals surface area contributed by atoms with Gasteiger partial charge in [0.2, 0.25) is 0 Å². The van der Waals surface area contributed by atoms with Gasteiger partial charge in [-0.15, -0.1) is 0 Å². The van der Waals surface area contributed by atoms with Crippen LogP contribution in [0.4, 0.5) is 0 Å². The molecule has 98 valence electrons. The third kappa shape index (κ3) is 2.42. The zero-order valence-electron chi connectivity index (χ0n) is 10.3. The van der Waals surface area contributed by atoms with Gasteiger partial charge in [-0.25, -0.2) is 0 Å². The van der Waals surface area contributed by atoms with Gasteiger partial charge in [0.1, 0.15) is 5.75 Å². The van der Waals surface area contributed by atoms with Crippen LogP contribution in [0.1, 0.15) is 30.4 Å². The molecule has 1 saturated carbocycles. The molecule has 0 radical (unpaired) electrons. The van der Waals surface area contributed by atoms with Crippen LogP contribution in [0.3, 0.4) is 0 Å². The molecule has 0 unspecified atom stereocenters. The summed E-state index contributed by atoms with van der Waals surface area (Å²) in [4.78, 5) is 0. The van der Waals surface area contributed by atoms with Gasteiger partial charge in [-0.05, 0) is 37.0 Å². The first kappa shape index (κ1) is 12.5. The Morgan fingerprint density at radius 3 is 3.06 bits per heavy atom. The summed E-state index contributed by atoms with van der Waals surface area (Å²) in [5, 5.41) is 13.3. The van der Waals surface area contributed by atoms with E-state index in [0.29, 0.717) is 0 Å². The lowest BCUT2D eigenvalue weighted by molar-refractivity contribution is 0.148. The average Bonchev–Trinajstić information content (AvgIpc) is 2.94. The van der Waals surface area contributed by atoms with E-state index in [1.54, 1.807) is 0 Å². The Labute approximate surface area is 116 Å². The van der Waals surface area contributed by atoms with Crippen LogP contribution in [0.5, 0.6) is 5.75 Å². The minimum atomic E-state index is -0.189. The highest BCUT2D eigenvalue weighted by atomic mass is 79.9. The van der Waals surface area contributed by atoms with Crippen molar-refractivity contribution in [2.45, 2.75) is 44.4 Å². The Morgan fingerprint density at radius 1 is 1.39 bits per heavy atom. The third-order valence-corrected chi connectivity index (χ3v) is 4.32. The summed E-state index contributed by atoms with van der Waals surface area (Å²) in [6.07, 6.45) is 3.91. The lowest BCUT2D eigenvalue weighted by Gasteiger charge is -2.17. The van der Waals surface area contributed by atoms with Crippen LogP contribution in [0, 0.1) is 0 Å². The van der Waals surface area contributed by atoms with E-state index in [1.807, 2.05) is 0 Å². The van der Waals surface area contributed by atoms with Crippen LogP contribution < -0.4 is 10.1 Å². The van der Waals surface area contributed by atoms with Gasteiger partial charge in [0.15, 0.2) is 0 Å². The van der Waals surface area contributed by atoms with E-state index >= 15 is 0 Å². The van der Waals surface area contributed by atoms with Crippen LogP contribution in [-0.4, -0.2) is 23.9 Å². The van der Waals surface area contributed by atoms with Crippen molar-refractivity contribution in [1.29, 1.82) is 0 Å². The molecule has 4 heteroatoms.